The zero-order valence-electron chi connectivity index (χ0n) is 47.4. The number of aromatic nitrogens is 3. The quantitative estimate of drug-likeness (QED) is 0.149. The molecule has 4 heteroatoms. The third-order valence-corrected chi connectivity index (χ3v) is 12.2. The van der Waals surface area contributed by atoms with Crippen LogP contribution >= 0.6 is 0 Å². The van der Waals surface area contributed by atoms with E-state index in [1.807, 2.05) is 54.6 Å². The van der Waals surface area contributed by atoms with Crippen LogP contribution in [0.3, 0.4) is 0 Å². The number of para-hydroxylation sites is 1. The van der Waals surface area contributed by atoms with Gasteiger partial charge in [-0.3, -0.25) is 9.55 Å². The van der Waals surface area contributed by atoms with Gasteiger partial charge in [0.25, 0.3) is 0 Å². The van der Waals surface area contributed by atoms with Gasteiger partial charge < -0.3 is 5.11 Å². The van der Waals surface area contributed by atoms with Crippen LogP contribution in [0.4, 0.5) is 0 Å². The van der Waals surface area contributed by atoms with Crippen LogP contribution in [-0.2, 0) is 10.8 Å². The molecule has 0 aliphatic heterocycles. The van der Waals surface area contributed by atoms with E-state index < -0.39 is 65.8 Å². The van der Waals surface area contributed by atoms with Gasteiger partial charge in [0.05, 0.1) is 37.6 Å². The average molecular weight is 826 g/mol. The van der Waals surface area contributed by atoms with Gasteiger partial charge in [0.15, 0.2) is 0 Å². The molecule has 8 aromatic rings. The standard InChI is InChI=1S/C58H61N3O/c1-12-58(10,11)45-25-26-52(49(35-45)40-17-14-13-15-18-40)61-53-20-16-19-47(54(53)60-56(61)50-33-42(36(2)3)32-48(37(4)5)55(50)62)43-29-44(31-46(30-43)57(7,8)9)51-34-41(27-28-59-51)39-23-21-38(6)22-24-39/h13-37,62H,12H2,1-11H3/i6D3,21D,22D,23D,24D,27D,28D,34D. The summed E-state index contributed by atoms with van der Waals surface area (Å²) in [5, 5.41) is 12.4. The summed E-state index contributed by atoms with van der Waals surface area (Å²) in [6, 6.07) is 28.7. The lowest BCUT2D eigenvalue weighted by molar-refractivity contribution is 0.466. The number of rotatable bonds is 10. The highest BCUT2D eigenvalue weighted by Crippen LogP contribution is 2.45. The second kappa shape index (κ2) is 16.5. The summed E-state index contributed by atoms with van der Waals surface area (Å²) in [5.74, 6) is 0.843. The molecule has 1 N–H and O–H groups in total. The number of aromatic hydroxyl groups is 1. The normalized spacial score (nSPS) is 14.7. The van der Waals surface area contributed by atoms with E-state index in [1.165, 1.54) is 5.56 Å². The number of imidazole rings is 1. The molecule has 0 aliphatic rings. The summed E-state index contributed by atoms with van der Waals surface area (Å²) in [5.41, 5.74) is 8.35. The number of nitrogens with zero attached hydrogens (tertiary/aromatic N) is 3. The Kier molecular flexibility index (Phi) is 8.43. The maximum atomic E-state index is 12.4. The monoisotopic (exact) mass is 826 g/mol. The first-order chi connectivity index (χ1) is 33.7. The van der Waals surface area contributed by atoms with Crippen LogP contribution in [0.25, 0.3) is 72.7 Å². The third-order valence-electron chi connectivity index (χ3n) is 12.2. The summed E-state index contributed by atoms with van der Waals surface area (Å²) >= 11 is 0. The summed E-state index contributed by atoms with van der Waals surface area (Å²) < 4.78 is 88.4. The summed E-state index contributed by atoms with van der Waals surface area (Å²) in [7, 11) is 0. The number of benzene rings is 6. The molecule has 6 aromatic carbocycles. The lowest BCUT2D eigenvalue weighted by Gasteiger charge is -2.26. The van der Waals surface area contributed by atoms with E-state index in [1.54, 1.807) is 0 Å². The fourth-order valence-electron chi connectivity index (χ4n) is 7.96. The molecule has 0 bridgehead atoms. The van der Waals surface area contributed by atoms with E-state index in [0.29, 0.717) is 28.0 Å². The Morgan fingerprint density at radius 2 is 1.42 bits per heavy atom. The fourth-order valence-corrected chi connectivity index (χ4v) is 7.96. The number of hydrogen-bond acceptors (Lipinski definition) is 3. The van der Waals surface area contributed by atoms with Gasteiger partial charge in [-0.2, -0.15) is 0 Å². The third kappa shape index (κ3) is 8.11. The minimum Gasteiger partial charge on any atom is -0.507 e. The first-order valence-corrected chi connectivity index (χ1v) is 21.5. The maximum Gasteiger partial charge on any atom is 0.149 e. The Labute approximate surface area is 383 Å². The molecule has 0 saturated carbocycles. The van der Waals surface area contributed by atoms with Crippen LogP contribution in [-0.4, -0.2) is 19.6 Å². The predicted octanol–water partition coefficient (Wildman–Crippen LogP) is 16.0. The molecule has 0 aliphatic carbocycles. The molecule has 62 heavy (non-hydrogen) atoms. The molecular weight excluding hydrogens is 755 g/mol. The molecule has 0 spiro atoms. The molecule has 0 atom stereocenters. The largest absolute Gasteiger partial charge is 0.507 e. The van der Waals surface area contributed by atoms with Crippen molar-refractivity contribution in [2.45, 2.75) is 105 Å². The summed E-state index contributed by atoms with van der Waals surface area (Å²) in [6.45, 7) is 18.3. The molecule has 2 heterocycles. The van der Waals surface area contributed by atoms with Gasteiger partial charge in [0, 0.05) is 27.0 Å². The van der Waals surface area contributed by atoms with Crippen LogP contribution < -0.4 is 0 Å². The zero-order chi connectivity index (χ0) is 52.7. The van der Waals surface area contributed by atoms with Gasteiger partial charge in [-0.1, -0.05) is 160 Å². The Morgan fingerprint density at radius 3 is 2.10 bits per heavy atom. The second-order valence-corrected chi connectivity index (χ2v) is 18.6. The van der Waals surface area contributed by atoms with E-state index in [4.69, 9.17) is 17.3 Å². The fraction of sp³-hybridized carbons (Fsp3) is 0.276. The molecule has 0 unspecified atom stereocenters. The van der Waals surface area contributed by atoms with Crippen molar-refractivity contribution in [2.75, 3.05) is 0 Å². The van der Waals surface area contributed by atoms with Crippen molar-refractivity contribution in [3.05, 3.63) is 167 Å². The van der Waals surface area contributed by atoms with Crippen LogP contribution in [0.1, 0.15) is 129 Å². The van der Waals surface area contributed by atoms with Crippen molar-refractivity contribution in [1.82, 2.24) is 14.5 Å². The number of pyridine rings is 1. The molecule has 0 amide bonds. The Balaban J connectivity index is 1.47. The minimum atomic E-state index is -2.96. The Bertz CT molecular complexity index is 3410. The van der Waals surface area contributed by atoms with Gasteiger partial charge >= 0.3 is 0 Å². The topological polar surface area (TPSA) is 50.9 Å². The Hall–Kier alpha value is -6.26. The minimum absolute atomic E-state index is 0.00579. The highest BCUT2D eigenvalue weighted by Gasteiger charge is 2.27. The highest BCUT2D eigenvalue weighted by molar-refractivity contribution is 5.98. The number of phenols is 1. The van der Waals surface area contributed by atoms with Crippen LogP contribution in [0, 0.1) is 6.85 Å². The molecule has 0 fully saturated rings. The van der Waals surface area contributed by atoms with Crippen molar-refractivity contribution in [1.29, 1.82) is 0 Å². The van der Waals surface area contributed by atoms with Gasteiger partial charge in [-0.25, -0.2) is 4.98 Å². The Morgan fingerprint density at radius 1 is 0.677 bits per heavy atom. The number of fused-ring (bicyclic) bond motifs is 1. The van der Waals surface area contributed by atoms with Crippen molar-refractivity contribution in [3.8, 4) is 67.5 Å². The molecule has 0 radical (unpaired) electrons. The van der Waals surface area contributed by atoms with Crippen molar-refractivity contribution in [2.24, 2.45) is 0 Å². The number of hydrogen-bond donors (Lipinski definition) is 1. The van der Waals surface area contributed by atoms with E-state index in [-0.39, 0.29) is 34.3 Å². The smallest absolute Gasteiger partial charge is 0.149 e. The van der Waals surface area contributed by atoms with Gasteiger partial charge in [-0.05, 0) is 129 Å². The highest BCUT2D eigenvalue weighted by atomic mass is 16.3. The van der Waals surface area contributed by atoms with Crippen LogP contribution in [0.15, 0.2) is 139 Å². The molecule has 2 aromatic heterocycles. The predicted molar refractivity (Wildman–Crippen MR) is 263 cm³/mol. The molecular formula is C58H61N3O. The summed E-state index contributed by atoms with van der Waals surface area (Å²) in [6.07, 6.45) is 0.364. The van der Waals surface area contributed by atoms with Gasteiger partial charge in [0.1, 0.15) is 11.6 Å². The SMILES string of the molecule is [2H]c1nc(-c2cc(-c3cccc4c3nc(-c3cc(C(C)C)cc(C(C)C)c3O)n4-c3ccc(C(C)(C)CC)cc3-c3ccccc3)cc(C(C)(C)C)c2)c([2H])c(-c2c([2H])c([2H])c(C([2H])([2H])[2H])c([2H])c2[2H])c1[2H]. The summed E-state index contributed by atoms with van der Waals surface area (Å²) in [4.78, 5) is 10.0. The molecule has 0 saturated heterocycles. The first-order valence-electron chi connectivity index (χ1n) is 26.5. The maximum absolute atomic E-state index is 12.4. The van der Waals surface area contributed by atoms with Gasteiger partial charge in [-0.15, -0.1) is 0 Å². The lowest BCUT2D eigenvalue weighted by Crippen LogP contribution is -2.16. The number of phenolic OH excluding ortho intramolecular Hbond substituents is 1. The zero-order valence-corrected chi connectivity index (χ0v) is 37.4. The van der Waals surface area contributed by atoms with Crippen molar-refractivity contribution >= 4 is 11.0 Å². The van der Waals surface area contributed by atoms with Crippen LogP contribution in [0.2, 0.25) is 0 Å². The first kappa shape index (κ1) is 31.6. The molecule has 314 valence electrons. The molecule has 8 rings (SSSR count). The van der Waals surface area contributed by atoms with E-state index in [9.17, 15) is 6.48 Å². The average Bonchev–Trinajstić information content (AvgIpc) is 3.71. The van der Waals surface area contributed by atoms with Crippen LogP contribution in [0.5, 0.6) is 5.75 Å². The lowest BCUT2D eigenvalue weighted by atomic mass is 9.81. The van der Waals surface area contributed by atoms with E-state index in [2.05, 4.69) is 121 Å². The van der Waals surface area contributed by atoms with Crippen molar-refractivity contribution in [3.63, 3.8) is 0 Å². The molecule has 4 nitrogen and oxygen atoms in total. The van der Waals surface area contributed by atoms with Crippen molar-refractivity contribution < 1.29 is 18.8 Å². The van der Waals surface area contributed by atoms with E-state index >= 15 is 0 Å². The van der Waals surface area contributed by atoms with E-state index in [0.717, 1.165) is 51.0 Å². The van der Waals surface area contributed by atoms with Gasteiger partial charge in [0.2, 0.25) is 0 Å². The second-order valence-electron chi connectivity index (χ2n) is 18.6.